The van der Waals surface area contributed by atoms with E-state index in [0.717, 1.165) is 5.70 Å². The minimum Gasteiger partial charge on any atom is -0.481 e. The second kappa shape index (κ2) is 12.1. The number of hydrogen-bond acceptors (Lipinski definition) is 5. The summed E-state index contributed by atoms with van der Waals surface area (Å²) in [7, 11) is 0. The van der Waals surface area contributed by atoms with Crippen LogP contribution in [0.15, 0.2) is 36.6 Å². The predicted octanol–water partition coefficient (Wildman–Crippen LogP) is 2.31. The fraction of sp³-hybridized carbons (Fsp3) is 0.556. The number of alkyl carbamates (subject to hydrolysis) is 1. The Morgan fingerprint density at radius 3 is 2.72 bits per heavy atom. The lowest BCUT2D eigenvalue weighted by molar-refractivity contribution is -0.137. The molecule has 25 heavy (non-hydrogen) atoms. The minimum absolute atomic E-state index is 0.0532. The van der Waals surface area contributed by atoms with Gasteiger partial charge >= 0.3 is 12.1 Å². The molecule has 1 fully saturated rings. The van der Waals surface area contributed by atoms with Crippen LogP contribution in [0.25, 0.3) is 0 Å². The molecule has 1 atom stereocenters. The fourth-order valence-electron chi connectivity index (χ4n) is 2.52. The lowest BCUT2D eigenvalue weighted by atomic mass is 10.1. The van der Waals surface area contributed by atoms with Crippen molar-refractivity contribution >= 4 is 12.1 Å². The van der Waals surface area contributed by atoms with Gasteiger partial charge in [0.05, 0.1) is 25.9 Å². The van der Waals surface area contributed by atoms with E-state index in [0.29, 0.717) is 32.7 Å². The summed E-state index contributed by atoms with van der Waals surface area (Å²) in [5.41, 5.74) is 0.824. The zero-order chi connectivity index (χ0) is 18.5. The van der Waals surface area contributed by atoms with Crippen LogP contribution < -0.4 is 5.32 Å². The van der Waals surface area contributed by atoms with E-state index >= 15 is 0 Å². The van der Waals surface area contributed by atoms with Gasteiger partial charge in [0, 0.05) is 25.2 Å². The van der Waals surface area contributed by atoms with E-state index in [1.165, 1.54) is 0 Å². The number of hydrogen-bond donors (Lipinski definition) is 2. The molecule has 0 aromatic carbocycles. The number of allylic oxidation sites excluding steroid dienone is 3. The Morgan fingerprint density at radius 1 is 1.40 bits per heavy atom. The van der Waals surface area contributed by atoms with Gasteiger partial charge in [-0.3, -0.25) is 4.79 Å². The van der Waals surface area contributed by atoms with Gasteiger partial charge in [-0.15, -0.1) is 0 Å². The lowest BCUT2D eigenvalue weighted by Crippen LogP contribution is -2.46. The summed E-state index contributed by atoms with van der Waals surface area (Å²) in [6.45, 7) is 8.44. The summed E-state index contributed by atoms with van der Waals surface area (Å²) in [5, 5.41) is 11.8. The molecule has 1 rings (SSSR count). The molecule has 1 aliphatic heterocycles. The summed E-state index contributed by atoms with van der Waals surface area (Å²) in [4.78, 5) is 25.1. The minimum atomic E-state index is -0.909. The predicted molar refractivity (Wildman–Crippen MR) is 95.2 cm³/mol. The van der Waals surface area contributed by atoms with Crippen molar-refractivity contribution in [3.05, 3.63) is 36.6 Å². The average molecular weight is 352 g/mol. The van der Waals surface area contributed by atoms with E-state index in [4.69, 9.17) is 14.6 Å². The van der Waals surface area contributed by atoms with Crippen LogP contribution in [-0.2, 0) is 14.3 Å². The molecular formula is C18H28N2O5. The second-order valence-electron chi connectivity index (χ2n) is 5.55. The number of ether oxygens (including phenoxy) is 2. The average Bonchev–Trinajstić information content (AvgIpc) is 2.61. The molecule has 0 bridgehead atoms. The molecule has 7 heteroatoms. The van der Waals surface area contributed by atoms with Gasteiger partial charge in [-0.05, 0) is 25.8 Å². The SMILES string of the molecule is C=C/C=C(\[C@@H](CCC(=O)O)NC(=O)OCC/C=C\C)N1CCOCC1. The molecule has 0 aromatic rings. The summed E-state index contributed by atoms with van der Waals surface area (Å²) in [5.74, 6) is -0.909. The van der Waals surface area contributed by atoms with Crippen LogP contribution >= 0.6 is 0 Å². The number of aliphatic carboxylic acids is 1. The standard InChI is InChI=1S/C18H28N2O5/c1-3-5-6-12-25-18(23)19-15(8-9-17(21)22)16(7-4-2)20-10-13-24-14-11-20/h3-5,7,15H,2,6,8-14H2,1H3,(H,19,23)(H,21,22)/b5-3-,16-7+/t15-/m1/s1. The molecule has 0 aliphatic carbocycles. The van der Waals surface area contributed by atoms with Crippen molar-refractivity contribution in [2.24, 2.45) is 0 Å². The molecule has 7 nitrogen and oxygen atoms in total. The van der Waals surface area contributed by atoms with E-state index in [2.05, 4.69) is 16.8 Å². The highest BCUT2D eigenvalue weighted by molar-refractivity contribution is 5.69. The Bertz CT molecular complexity index is 496. The van der Waals surface area contributed by atoms with Crippen molar-refractivity contribution in [1.82, 2.24) is 10.2 Å². The van der Waals surface area contributed by atoms with Crippen molar-refractivity contribution in [1.29, 1.82) is 0 Å². The van der Waals surface area contributed by atoms with E-state index in [1.54, 1.807) is 12.2 Å². The van der Waals surface area contributed by atoms with Crippen LogP contribution in [0.1, 0.15) is 26.2 Å². The number of amides is 1. The number of carbonyl (C=O) groups is 2. The quantitative estimate of drug-likeness (QED) is 0.356. The first-order valence-electron chi connectivity index (χ1n) is 8.50. The van der Waals surface area contributed by atoms with E-state index < -0.39 is 18.1 Å². The highest BCUT2D eigenvalue weighted by Gasteiger charge is 2.24. The monoisotopic (exact) mass is 352 g/mol. The van der Waals surface area contributed by atoms with Gasteiger partial charge in [0.1, 0.15) is 0 Å². The first-order valence-corrected chi connectivity index (χ1v) is 8.50. The van der Waals surface area contributed by atoms with Gasteiger partial charge in [0.15, 0.2) is 0 Å². The number of carbonyl (C=O) groups excluding carboxylic acids is 1. The van der Waals surface area contributed by atoms with Crippen molar-refractivity contribution < 1.29 is 24.2 Å². The van der Waals surface area contributed by atoms with Gasteiger partial charge in [0.25, 0.3) is 0 Å². The van der Waals surface area contributed by atoms with Crippen LogP contribution in [0, 0.1) is 0 Å². The molecule has 0 aromatic heterocycles. The Kier molecular flexibility index (Phi) is 10.1. The highest BCUT2D eigenvalue weighted by Crippen LogP contribution is 2.17. The van der Waals surface area contributed by atoms with E-state index in [9.17, 15) is 9.59 Å². The van der Waals surface area contributed by atoms with Crippen LogP contribution in [0.2, 0.25) is 0 Å². The number of morpholine rings is 1. The normalized spacial score (nSPS) is 16.5. The van der Waals surface area contributed by atoms with Crippen LogP contribution in [0.3, 0.4) is 0 Å². The third kappa shape index (κ3) is 8.39. The van der Waals surface area contributed by atoms with Crippen LogP contribution in [-0.4, -0.2) is 61.0 Å². The van der Waals surface area contributed by atoms with Crippen LogP contribution in [0.5, 0.6) is 0 Å². The summed E-state index contributed by atoms with van der Waals surface area (Å²) >= 11 is 0. The molecule has 1 heterocycles. The molecule has 2 N–H and O–H groups in total. The van der Waals surface area contributed by atoms with Crippen LogP contribution in [0.4, 0.5) is 4.79 Å². The fourth-order valence-corrected chi connectivity index (χ4v) is 2.52. The van der Waals surface area contributed by atoms with E-state index in [1.807, 2.05) is 19.1 Å². The zero-order valence-corrected chi connectivity index (χ0v) is 14.8. The first kappa shape index (κ1) is 20.8. The Morgan fingerprint density at radius 2 is 2.12 bits per heavy atom. The van der Waals surface area contributed by atoms with Crippen molar-refractivity contribution in [3.63, 3.8) is 0 Å². The number of nitrogens with one attached hydrogen (secondary N) is 1. The maximum atomic E-state index is 12.1. The summed E-state index contributed by atoms with van der Waals surface area (Å²) < 4.78 is 10.5. The Balaban J connectivity index is 2.76. The van der Waals surface area contributed by atoms with Crippen molar-refractivity contribution in [2.45, 2.75) is 32.2 Å². The number of nitrogens with zero attached hydrogens (tertiary/aromatic N) is 1. The number of rotatable bonds is 10. The first-order chi connectivity index (χ1) is 12.1. The van der Waals surface area contributed by atoms with Crippen molar-refractivity contribution in [3.8, 4) is 0 Å². The molecule has 1 amide bonds. The smallest absolute Gasteiger partial charge is 0.407 e. The lowest BCUT2D eigenvalue weighted by Gasteiger charge is -2.35. The van der Waals surface area contributed by atoms with Gasteiger partial charge < -0.3 is 24.8 Å². The summed E-state index contributed by atoms with van der Waals surface area (Å²) in [6.07, 6.45) is 7.55. The highest BCUT2D eigenvalue weighted by atomic mass is 16.5. The molecule has 1 saturated heterocycles. The molecule has 1 aliphatic rings. The van der Waals surface area contributed by atoms with Gasteiger partial charge in [-0.2, -0.15) is 0 Å². The third-order valence-corrected chi connectivity index (χ3v) is 3.71. The molecule has 140 valence electrons. The Labute approximate surface area is 149 Å². The maximum absolute atomic E-state index is 12.1. The number of carboxylic acids is 1. The third-order valence-electron chi connectivity index (χ3n) is 3.71. The second-order valence-corrected chi connectivity index (χ2v) is 5.55. The largest absolute Gasteiger partial charge is 0.481 e. The number of carboxylic acid groups (broad SMARTS) is 1. The molecule has 0 unspecified atom stereocenters. The van der Waals surface area contributed by atoms with Gasteiger partial charge in [-0.1, -0.05) is 24.8 Å². The molecule has 0 radical (unpaired) electrons. The van der Waals surface area contributed by atoms with Gasteiger partial charge in [0.2, 0.25) is 0 Å². The maximum Gasteiger partial charge on any atom is 0.407 e. The van der Waals surface area contributed by atoms with Gasteiger partial charge in [-0.25, -0.2) is 4.79 Å². The summed E-state index contributed by atoms with van der Waals surface area (Å²) in [6, 6.07) is -0.457. The van der Waals surface area contributed by atoms with Crippen molar-refractivity contribution in [2.75, 3.05) is 32.9 Å². The zero-order valence-electron chi connectivity index (χ0n) is 14.8. The molecule has 0 spiro atoms. The molecule has 0 saturated carbocycles. The van der Waals surface area contributed by atoms with E-state index in [-0.39, 0.29) is 19.4 Å². The Hall–Kier alpha value is -2.28. The molecular weight excluding hydrogens is 324 g/mol. The topological polar surface area (TPSA) is 88.1 Å².